The van der Waals surface area contributed by atoms with Crippen LogP contribution in [0.4, 0.5) is 5.69 Å². The van der Waals surface area contributed by atoms with Crippen LogP contribution in [0.2, 0.25) is 0 Å². The van der Waals surface area contributed by atoms with E-state index in [-0.39, 0.29) is 21.9 Å². The standard InChI is InChI=1S/C27H26N2O5S/c1-4-22-17-24(27(30)20-8-6-5-7-9-20)26(21-13-12-19(3)25(16-21)29(31)32)28(22)35(33,34)23-14-10-18(2)11-15-23/h5-17,22,26H,4H2,1-3H3/t22-,26+/m1/s1. The molecule has 0 N–H and O–H groups in total. The van der Waals surface area contributed by atoms with Crippen LogP contribution in [0.5, 0.6) is 0 Å². The number of benzene rings is 3. The highest BCUT2D eigenvalue weighted by atomic mass is 32.2. The monoisotopic (exact) mass is 490 g/mol. The highest BCUT2D eigenvalue weighted by molar-refractivity contribution is 7.89. The van der Waals surface area contributed by atoms with E-state index in [9.17, 15) is 23.3 Å². The molecule has 0 aliphatic carbocycles. The Labute approximate surface area is 204 Å². The second-order valence-electron chi connectivity index (χ2n) is 8.65. The number of nitro groups is 1. The van der Waals surface area contributed by atoms with Gasteiger partial charge >= 0.3 is 0 Å². The molecule has 180 valence electrons. The molecule has 0 unspecified atom stereocenters. The van der Waals surface area contributed by atoms with E-state index in [1.165, 1.54) is 10.4 Å². The summed E-state index contributed by atoms with van der Waals surface area (Å²) >= 11 is 0. The number of nitrogens with zero attached hydrogens (tertiary/aromatic N) is 2. The third-order valence-electron chi connectivity index (χ3n) is 6.31. The van der Waals surface area contributed by atoms with Gasteiger partial charge in [0.25, 0.3) is 5.69 Å². The number of carbonyl (C=O) groups excluding carboxylic acids is 1. The van der Waals surface area contributed by atoms with Crippen LogP contribution in [-0.4, -0.2) is 29.5 Å². The number of hydrogen-bond acceptors (Lipinski definition) is 5. The number of carbonyl (C=O) groups is 1. The first-order valence-corrected chi connectivity index (χ1v) is 12.8. The first kappa shape index (κ1) is 24.5. The van der Waals surface area contributed by atoms with E-state index in [0.717, 1.165) is 5.56 Å². The maximum absolute atomic E-state index is 13.9. The fourth-order valence-corrected chi connectivity index (χ4v) is 6.23. The Morgan fingerprint density at radius 2 is 1.66 bits per heavy atom. The Morgan fingerprint density at radius 3 is 2.26 bits per heavy atom. The molecule has 3 aromatic carbocycles. The van der Waals surface area contributed by atoms with Crippen molar-refractivity contribution in [1.29, 1.82) is 0 Å². The fourth-order valence-electron chi connectivity index (χ4n) is 4.42. The van der Waals surface area contributed by atoms with E-state index in [2.05, 4.69) is 0 Å². The van der Waals surface area contributed by atoms with Crippen molar-refractivity contribution in [2.75, 3.05) is 0 Å². The first-order chi connectivity index (χ1) is 16.6. The van der Waals surface area contributed by atoms with E-state index in [4.69, 9.17) is 0 Å². The minimum Gasteiger partial charge on any atom is -0.289 e. The van der Waals surface area contributed by atoms with Crippen LogP contribution in [0.15, 0.2) is 89.3 Å². The van der Waals surface area contributed by atoms with Crippen molar-refractivity contribution >= 4 is 21.5 Å². The molecule has 0 saturated heterocycles. The van der Waals surface area contributed by atoms with Gasteiger partial charge in [0, 0.05) is 28.8 Å². The minimum atomic E-state index is -4.05. The van der Waals surface area contributed by atoms with Crippen molar-refractivity contribution in [3.8, 4) is 0 Å². The summed E-state index contributed by atoms with van der Waals surface area (Å²) in [6.07, 6.45) is 2.12. The van der Waals surface area contributed by atoms with Gasteiger partial charge in [-0.25, -0.2) is 8.42 Å². The van der Waals surface area contributed by atoms with Crippen LogP contribution in [0, 0.1) is 24.0 Å². The number of nitro benzene ring substituents is 1. The van der Waals surface area contributed by atoms with E-state index >= 15 is 0 Å². The maximum atomic E-state index is 13.9. The number of Topliss-reactive ketones (excluding diaryl/α,β-unsaturated/α-hetero) is 1. The third kappa shape index (κ3) is 4.54. The molecule has 0 saturated carbocycles. The topological polar surface area (TPSA) is 97.6 Å². The van der Waals surface area contributed by atoms with Gasteiger partial charge in [-0.1, -0.05) is 73.2 Å². The normalized spacial score (nSPS) is 18.3. The Kier molecular flexibility index (Phi) is 6.69. The van der Waals surface area contributed by atoms with E-state index in [0.29, 0.717) is 23.1 Å². The second-order valence-corrected chi connectivity index (χ2v) is 10.5. The molecule has 1 aliphatic rings. The van der Waals surface area contributed by atoms with Crippen LogP contribution >= 0.6 is 0 Å². The predicted octanol–water partition coefficient (Wildman–Crippen LogP) is 5.55. The smallest absolute Gasteiger partial charge is 0.272 e. The van der Waals surface area contributed by atoms with Gasteiger partial charge in [-0.3, -0.25) is 14.9 Å². The second kappa shape index (κ2) is 9.56. The van der Waals surface area contributed by atoms with Gasteiger partial charge in [0.15, 0.2) is 5.78 Å². The average molecular weight is 491 g/mol. The Hall–Kier alpha value is -3.62. The zero-order valence-electron chi connectivity index (χ0n) is 19.7. The molecule has 0 aromatic heterocycles. The molecule has 2 atom stereocenters. The van der Waals surface area contributed by atoms with Crippen molar-refractivity contribution in [1.82, 2.24) is 4.31 Å². The van der Waals surface area contributed by atoms with Gasteiger partial charge in [0.2, 0.25) is 10.0 Å². The van der Waals surface area contributed by atoms with Crippen LogP contribution in [0.25, 0.3) is 0 Å². The largest absolute Gasteiger partial charge is 0.289 e. The molecular weight excluding hydrogens is 464 g/mol. The van der Waals surface area contributed by atoms with Crippen molar-refractivity contribution in [2.24, 2.45) is 0 Å². The molecule has 7 nitrogen and oxygen atoms in total. The summed E-state index contributed by atoms with van der Waals surface area (Å²) in [5.41, 5.74) is 2.34. The number of ketones is 1. The van der Waals surface area contributed by atoms with Gasteiger partial charge < -0.3 is 0 Å². The van der Waals surface area contributed by atoms with Gasteiger partial charge in [-0.2, -0.15) is 4.31 Å². The summed E-state index contributed by atoms with van der Waals surface area (Å²) in [5, 5.41) is 11.7. The molecule has 1 aliphatic heterocycles. The van der Waals surface area contributed by atoms with Gasteiger partial charge in [-0.15, -0.1) is 0 Å². The van der Waals surface area contributed by atoms with Crippen molar-refractivity contribution in [3.63, 3.8) is 0 Å². The average Bonchev–Trinajstić information content (AvgIpc) is 3.25. The maximum Gasteiger partial charge on any atom is 0.272 e. The number of sulfonamides is 1. The molecular formula is C27H26N2O5S. The molecule has 4 rings (SSSR count). The highest BCUT2D eigenvalue weighted by Crippen LogP contribution is 2.44. The fraction of sp³-hybridized carbons (Fsp3) is 0.222. The Morgan fingerprint density at radius 1 is 1.00 bits per heavy atom. The Balaban J connectivity index is 1.92. The predicted molar refractivity (Wildman–Crippen MR) is 134 cm³/mol. The lowest BCUT2D eigenvalue weighted by atomic mass is 9.93. The van der Waals surface area contributed by atoms with E-state index in [1.54, 1.807) is 79.7 Å². The molecule has 0 amide bonds. The van der Waals surface area contributed by atoms with Crippen molar-refractivity contribution < 1.29 is 18.1 Å². The SMILES string of the molecule is CC[C@@H]1C=C(C(=O)c2ccccc2)[C@H](c2ccc(C)c([N+](=O)[O-])c2)N1S(=O)(=O)c1ccc(C)cc1. The molecule has 35 heavy (non-hydrogen) atoms. The quantitative estimate of drug-likeness (QED) is 0.246. The number of aryl methyl sites for hydroxylation is 2. The van der Waals surface area contributed by atoms with Gasteiger partial charge in [0.1, 0.15) is 0 Å². The van der Waals surface area contributed by atoms with Gasteiger partial charge in [-0.05, 0) is 38.0 Å². The number of rotatable bonds is 7. The van der Waals surface area contributed by atoms with Crippen LogP contribution in [0.3, 0.4) is 0 Å². The lowest BCUT2D eigenvalue weighted by Gasteiger charge is -2.31. The van der Waals surface area contributed by atoms with Gasteiger partial charge in [0.05, 0.1) is 15.9 Å². The third-order valence-corrected chi connectivity index (χ3v) is 8.21. The zero-order chi connectivity index (χ0) is 25.3. The summed E-state index contributed by atoms with van der Waals surface area (Å²) in [4.78, 5) is 24.9. The van der Waals surface area contributed by atoms with Crippen LogP contribution in [0.1, 0.15) is 46.4 Å². The van der Waals surface area contributed by atoms with E-state index in [1.807, 2.05) is 13.8 Å². The lowest BCUT2D eigenvalue weighted by Crippen LogP contribution is -2.38. The molecule has 0 spiro atoms. The summed E-state index contributed by atoms with van der Waals surface area (Å²) in [5.74, 6) is -0.307. The number of hydrogen-bond donors (Lipinski definition) is 0. The van der Waals surface area contributed by atoms with Crippen LogP contribution < -0.4 is 0 Å². The molecule has 0 bridgehead atoms. The molecule has 3 aromatic rings. The highest BCUT2D eigenvalue weighted by Gasteiger charge is 2.45. The van der Waals surface area contributed by atoms with E-state index < -0.39 is 27.0 Å². The summed E-state index contributed by atoms with van der Waals surface area (Å²) in [6.45, 7) is 5.34. The van der Waals surface area contributed by atoms with Crippen LogP contribution in [-0.2, 0) is 10.0 Å². The molecule has 0 fully saturated rings. The summed E-state index contributed by atoms with van der Waals surface area (Å²) in [7, 11) is -4.05. The molecule has 8 heteroatoms. The minimum absolute atomic E-state index is 0.106. The zero-order valence-corrected chi connectivity index (χ0v) is 20.5. The van der Waals surface area contributed by atoms with Crippen molar-refractivity contribution in [3.05, 3.63) is 117 Å². The molecule has 1 heterocycles. The Bertz CT molecular complexity index is 1410. The summed E-state index contributed by atoms with van der Waals surface area (Å²) < 4.78 is 29.2. The molecule has 0 radical (unpaired) electrons. The van der Waals surface area contributed by atoms with Crippen molar-refractivity contribution in [2.45, 2.75) is 44.2 Å². The summed E-state index contributed by atoms with van der Waals surface area (Å²) in [6, 6.07) is 18.2. The first-order valence-electron chi connectivity index (χ1n) is 11.3. The lowest BCUT2D eigenvalue weighted by molar-refractivity contribution is -0.385.